The number of non-ortho nitro benzene ring substituents is 1. The van der Waals surface area contributed by atoms with Gasteiger partial charge in [-0.1, -0.05) is 32.9 Å². The van der Waals surface area contributed by atoms with Crippen LogP contribution >= 0.6 is 0 Å². The molecule has 1 aromatic carbocycles. The van der Waals surface area contributed by atoms with Gasteiger partial charge in [0.05, 0.1) is 11.0 Å². The minimum atomic E-state index is -0.592. The van der Waals surface area contributed by atoms with Gasteiger partial charge >= 0.3 is 0 Å². The van der Waals surface area contributed by atoms with Gasteiger partial charge in [-0.05, 0) is 11.0 Å². The third kappa shape index (κ3) is 4.33. The number of hydrogen-bond donors (Lipinski definition) is 2. The summed E-state index contributed by atoms with van der Waals surface area (Å²) in [5, 5.41) is 13.2. The summed E-state index contributed by atoms with van der Waals surface area (Å²) in [6.45, 7) is 5.98. The number of nitrogens with two attached hydrogens (primary N) is 1. The van der Waals surface area contributed by atoms with Gasteiger partial charge in [0.15, 0.2) is 0 Å². The number of amides is 1. The van der Waals surface area contributed by atoms with E-state index in [4.69, 9.17) is 5.73 Å². The van der Waals surface area contributed by atoms with Crippen molar-refractivity contribution < 1.29 is 9.72 Å². The van der Waals surface area contributed by atoms with Gasteiger partial charge in [-0.15, -0.1) is 0 Å². The molecule has 6 heteroatoms. The van der Waals surface area contributed by atoms with Crippen molar-refractivity contribution in [2.24, 2.45) is 11.1 Å². The van der Waals surface area contributed by atoms with E-state index in [1.165, 1.54) is 12.1 Å². The lowest BCUT2D eigenvalue weighted by Gasteiger charge is -2.25. The van der Waals surface area contributed by atoms with E-state index in [1.54, 1.807) is 12.1 Å². The molecule has 0 saturated heterocycles. The van der Waals surface area contributed by atoms with Gasteiger partial charge in [-0.2, -0.15) is 0 Å². The molecule has 0 radical (unpaired) electrons. The van der Waals surface area contributed by atoms with Crippen LogP contribution in [0.25, 0.3) is 0 Å². The van der Waals surface area contributed by atoms with Gasteiger partial charge in [-0.3, -0.25) is 14.9 Å². The van der Waals surface area contributed by atoms with Crippen LogP contribution in [0.1, 0.15) is 26.3 Å². The molecule has 1 amide bonds. The second kappa shape index (κ2) is 5.79. The van der Waals surface area contributed by atoms with Crippen molar-refractivity contribution in [3.63, 3.8) is 0 Å². The molecule has 6 nitrogen and oxygen atoms in total. The van der Waals surface area contributed by atoms with Gasteiger partial charge in [0.25, 0.3) is 5.69 Å². The van der Waals surface area contributed by atoms with E-state index in [1.807, 2.05) is 20.8 Å². The predicted octanol–water partition coefficient (Wildman–Crippen LogP) is 1.58. The average molecular weight is 265 g/mol. The first kappa shape index (κ1) is 15.1. The van der Waals surface area contributed by atoms with Crippen LogP contribution in [0.3, 0.4) is 0 Å². The summed E-state index contributed by atoms with van der Waals surface area (Å²) in [6, 6.07) is 5.45. The van der Waals surface area contributed by atoms with Crippen molar-refractivity contribution in [1.82, 2.24) is 5.32 Å². The summed E-state index contributed by atoms with van der Waals surface area (Å²) >= 11 is 0. The molecule has 3 N–H and O–H groups in total. The van der Waals surface area contributed by atoms with E-state index in [2.05, 4.69) is 5.32 Å². The quantitative estimate of drug-likeness (QED) is 0.638. The number of carbonyl (C=O) groups is 1. The van der Waals surface area contributed by atoms with E-state index >= 15 is 0 Å². The maximum Gasteiger partial charge on any atom is 0.269 e. The van der Waals surface area contributed by atoms with Crippen molar-refractivity contribution in [2.75, 3.05) is 0 Å². The van der Waals surface area contributed by atoms with Crippen molar-refractivity contribution in [3.05, 3.63) is 39.9 Å². The van der Waals surface area contributed by atoms with Crippen LogP contribution in [0.4, 0.5) is 5.69 Å². The third-order valence-electron chi connectivity index (χ3n) is 2.83. The van der Waals surface area contributed by atoms with Crippen LogP contribution in [-0.2, 0) is 11.3 Å². The Hall–Kier alpha value is -1.95. The molecule has 0 saturated carbocycles. The van der Waals surface area contributed by atoms with Crippen LogP contribution in [0.2, 0.25) is 0 Å². The van der Waals surface area contributed by atoms with Crippen LogP contribution in [0, 0.1) is 15.5 Å². The molecule has 0 aliphatic rings. The minimum absolute atomic E-state index is 0.0291. The van der Waals surface area contributed by atoms with E-state index in [0.29, 0.717) is 6.54 Å². The largest absolute Gasteiger partial charge is 0.351 e. The second-order valence-corrected chi connectivity index (χ2v) is 5.49. The Morgan fingerprint density at radius 3 is 2.32 bits per heavy atom. The molecule has 0 fully saturated rings. The predicted molar refractivity (Wildman–Crippen MR) is 72.4 cm³/mol. The summed E-state index contributed by atoms with van der Waals surface area (Å²) in [5.41, 5.74) is 6.34. The highest BCUT2D eigenvalue weighted by molar-refractivity contribution is 5.82. The molecular weight excluding hydrogens is 246 g/mol. The van der Waals surface area contributed by atoms with Gasteiger partial charge in [0.1, 0.15) is 0 Å². The molecule has 104 valence electrons. The lowest BCUT2D eigenvalue weighted by Crippen LogP contribution is -2.48. The standard InChI is InChI=1S/C13H19N3O3/c1-13(2,3)11(14)12(17)15-8-9-4-6-10(7-5-9)16(18)19/h4-7,11H,8,14H2,1-3H3,(H,15,17)/t11-/m1/s1. The number of nitrogens with one attached hydrogen (secondary N) is 1. The normalized spacial score (nSPS) is 12.8. The molecule has 1 atom stereocenters. The monoisotopic (exact) mass is 265 g/mol. The van der Waals surface area contributed by atoms with Crippen LogP contribution in [0.5, 0.6) is 0 Å². The first-order valence-corrected chi connectivity index (χ1v) is 5.98. The summed E-state index contributed by atoms with van der Waals surface area (Å²) in [4.78, 5) is 21.8. The van der Waals surface area contributed by atoms with Crippen molar-refractivity contribution >= 4 is 11.6 Å². The highest BCUT2D eigenvalue weighted by Gasteiger charge is 2.27. The Balaban J connectivity index is 2.58. The van der Waals surface area contributed by atoms with Gasteiger partial charge in [-0.25, -0.2) is 0 Å². The van der Waals surface area contributed by atoms with Gasteiger partial charge < -0.3 is 11.1 Å². The Bertz CT molecular complexity index is 463. The second-order valence-electron chi connectivity index (χ2n) is 5.49. The molecule has 0 bridgehead atoms. The number of carbonyl (C=O) groups excluding carboxylic acids is 1. The zero-order chi connectivity index (χ0) is 14.6. The summed E-state index contributed by atoms with van der Waals surface area (Å²) in [7, 11) is 0. The lowest BCUT2D eigenvalue weighted by molar-refractivity contribution is -0.384. The molecule has 0 aliphatic carbocycles. The van der Waals surface area contributed by atoms with E-state index < -0.39 is 11.0 Å². The molecular formula is C13H19N3O3. The smallest absolute Gasteiger partial charge is 0.269 e. The number of rotatable bonds is 4. The number of nitro groups is 1. The fraction of sp³-hybridized carbons (Fsp3) is 0.462. The van der Waals surface area contributed by atoms with Crippen molar-refractivity contribution in [1.29, 1.82) is 0 Å². The van der Waals surface area contributed by atoms with E-state index in [-0.39, 0.29) is 17.0 Å². The Morgan fingerprint density at radius 2 is 1.89 bits per heavy atom. The average Bonchev–Trinajstić information content (AvgIpc) is 2.34. The molecule has 0 aliphatic heterocycles. The van der Waals surface area contributed by atoms with Crippen molar-refractivity contribution in [2.45, 2.75) is 33.4 Å². The number of nitro benzene ring substituents is 1. The zero-order valence-electron chi connectivity index (χ0n) is 11.3. The van der Waals surface area contributed by atoms with Gasteiger partial charge in [0, 0.05) is 18.7 Å². The van der Waals surface area contributed by atoms with Crippen molar-refractivity contribution in [3.8, 4) is 0 Å². The Kier molecular flexibility index (Phi) is 4.61. The first-order valence-electron chi connectivity index (χ1n) is 5.98. The number of nitrogens with zero attached hydrogens (tertiary/aromatic N) is 1. The summed E-state index contributed by atoms with van der Waals surface area (Å²) < 4.78 is 0. The molecule has 0 unspecified atom stereocenters. The van der Waals surface area contributed by atoms with Crippen LogP contribution in [0.15, 0.2) is 24.3 Å². The lowest BCUT2D eigenvalue weighted by atomic mass is 9.87. The van der Waals surface area contributed by atoms with E-state index in [9.17, 15) is 14.9 Å². The van der Waals surface area contributed by atoms with Crippen LogP contribution < -0.4 is 11.1 Å². The van der Waals surface area contributed by atoms with E-state index in [0.717, 1.165) is 5.56 Å². The molecule has 19 heavy (non-hydrogen) atoms. The third-order valence-corrected chi connectivity index (χ3v) is 2.83. The molecule has 1 aromatic rings. The molecule has 0 heterocycles. The van der Waals surface area contributed by atoms with Crippen LogP contribution in [-0.4, -0.2) is 16.9 Å². The Morgan fingerprint density at radius 1 is 1.37 bits per heavy atom. The maximum atomic E-state index is 11.8. The first-order chi connectivity index (χ1) is 8.71. The number of hydrogen-bond acceptors (Lipinski definition) is 4. The fourth-order valence-electron chi connectivity index (χ4n) is 1.43. The molecule has 0 spiro atoms. The van der Waals surface area contributed by atoms with Gasteiger partial charge in [0.2, 0.25) is 5.91 Å². The SMILES string of the molecule is CC(C)(C)[C@H](N)C(=O)NCc1ccc([N+](=O)[O-])cc1. The topological polar surface area (TPSA) is 98.3 Å². The summed E-state index contributed by atoms with van der Waals surface area (Å²) in [5.74, 6) is -0.231. The molecule has 0 aromatic heterocycles. The highest BCUT2D eigenvalue weighted by atomic mass is 16.6. The maximum absolute atomic E-state index is 11.8. The number of benzene rings is 1. The fourth-order valence-corrected chi connectivity index (χ4v) is 1.43. The highest BCUT2D eigenvalue weighted by Crippen LogP contribution is 2.17. The zero-order valence-corrected chi connectivity index (χ0v) is 11.3. The molecule has 1 rings (SSSR count). The summed E-state index contributed by atoms with van der Waals surface area (Å²) in [6.07, 6.45) is 0. The Labute approximate surface area is 112 Å². The minimum Gasteiger partial charge on any atom is -0.351 e.